The molecular formula is C14H20Cl2N2O3S. The van der Waals surface area contributed by atoms with Crippen LogP contribution in [0.5, 0.6) is 0 Å². The van der Waals surface area contributed by atoms with Crippen molar-refractivity contribution in [3.63, 3.8) is 0 Å². The standard InChI is InChI=1S/C14H20Cl2N2O3S/c1-10(2)9-18(22(3,20)21)7-6-14(19)17-13-8-11(15)4-5-12(13)16/h4-5,8,10H,6-7,9H2,1-3H3,(H,17,19). The predicted molar refractivity (Wildman–Crippen MR) is 91.0 cm³/mol. The maximum atomic E-state index is 12.0. The topological polar surface area (TPSA) is 66.5 Å². The molecule has 0 fully saturated rings. The second-order valence-electron chi connectivity index (χ2n) is 5.44. The molecule has 0 aliphatic rings. The number of anilines is 1. The molecule has 8 heteroatoms. The minimum Gasteiger partial charge on any atom is -0.325 e. The fourth-order valence-corrected chi connectivity index (χ4v) is 3.16. The second-order valence-corrected chi connectivity index (χ2v) is 8.26. The van der Waals surface area contributed by atoms with Gasteiger partial charge in [0.05, 0.1) is 17.0 Å². The van der Waals surface area contributed by atoms with Gasteiger partial charge in [0.2, 0.25) is 15.9 Å². The van der Waals surface area contributed by atoms with Crippen LogP contribution in [0.1, 0.15) is 20.3 Å². The van der Waals surface area contributed by atoms with Gasteiger partial charge in [-0.1, -0.05) is 37.0 Å². The van der Waals surface area contributed by atoms with Gasteiger partial charge in [0.25, 0.3) is 0 Å². The Morgan fingerprint density at radius 3 is 2.50 bits per heavy atom. The molecule has 0 aromatic heterocycles. The first kappa shape index (κ1) is 19.2. The summed E-state index contributed by atoms with van der Waals surface area (Å²) in [6.45, 7) is 4.35. The summed E-state index contributed by atoms with van der Waals surface area (Å²) in [5.41, 5.74) is 0.411. The van der Waals surface area contributed by atoms with Gasteiger partial charge in [-0.3, -0.25) is 4.79 Å². The zero-order valence-corrected chi connectivity index (χ0v) is 15.1. The number of rotatable bonds is 7. The smallest absolute Gasteiger partial charge is 0.225 e. The normalized spacial score (nSPS) is 12.0. The van der Waals surface area contributed by atoms with E-state index in [4.69, 9.17) is 23.2 Å². The van der Waals surface area contributed by atoms with Crippen molar-refractivity contribution in [2.45, 2.75) is 20.3 Å². The molecule has 0 saturated heterocycles. The van der Waals surface area contributed by atoms with Crippen LogP contribution in [-0.4, -0.2) is 38.0 Å². The number of carbonyl (C=O) groups is 1. The minimum absolute atomic E-state index is 0.0443. The SMILES string of the molecule is CC(C)CN(CCC(=O)Nc1cc(Cl)ccc1Cl)S(C)(=O)=O. The van der Waals surface area contributed by atoms with Gasteiger partial charge in [-0.2, -0.15) is 0 Å². The molecule has 1 rings (SSSR count). The van der Waals surface area contributed by atoms with E-state index < -0.39 is 10.0 Å². The molecule has 0 heterocycles. The predicted octanol–water partition coefficient (Wildman–Crippen LogP) is 3.24. The Hall–Kier alpha value is -0.820. The highest BCUT2D eigenvalue weighted by Crippen LogP contribution is 2.25. The molecule has 124 valence electrons. The lowest BCUT2D eigenvalue weighted by atomic mass is 10.2. The molecule has 0 aliphatic carbocycles. The average Bonchev–Trinajstić information content (AvgIpc) is 2.37. The van der Waals surface area contributed by atoms with Crippen LogP contribution >= 0.6 is 23.2 Å². The number of benzene rings is 1. The van der Waals surface area contributed by atoms with Crippen molar-refractivity contribution in [2.75, 3.05) is 24.7 Å². The fraction of sp³-hybridized carbons (Fsp3) is 0.500. The highest BCUT2D eigenvalue weighted by molar-refractivity contribution is 7.88. The van der Waals surface area contributed by atoms with Gasteiger partial charge in [0.15, 0.2) is 0 Å². The van der Waals surface area contributed by atoms with Gasteiger partial charge in [-0.05, 0) is 24.1 Å². The highest BCUT2D eigenvalue weighted by Gasteiger charge is 2.19. The first-order chi connectivity index (χ1) is 10.1. The fourth-order valence-electron chi connectivity index (χ4n) is 1.83. The maximum Gasteiger partial charge on any atom is 0.225 e. The first-order valence-corrected chi connectivity index (χ1v) is 9.40. The number of hydrogen-bond donors (Lipinski definition) is 1. The van der Waals surface area contributed by atoms with E-state index in [1.165, 1.54) is 4.31 Å². The van der Waals surface area contributed by atoms with E-state index in [2.05, 4.69) is 5.32 Å². The molecule has 0 atom stereocenters. The Morgan fingerprint density at radius 2 is 1.95 bits per heavy atom. The summed E-state index contributed by atoms with van der Waals surface area (Å²) in [6.07, 6.45) is 1.18. The Labute approximate surface area is 141 Å². The van der Waals surface area contributed by atoms with E-state index in [0.29, 0.717) is 22.3 Å². The van der Waals surface area contributed by atoms with E-state index >= 15 is 0 Å². The van der Waals surface area contributed by atoms with Gasteiger partial charge < -0.3 is 5.32 Å². The van der Waals surface area contributed by atoms with Crippen molar-refractivity contribution >= 4 is 44.8 Å². The molecule has 5 nitrogen and oxygen atoms in total. The molecule has 0 aliphatic heterocycles. The Kier molecular flexibility index (Phi) is 7.12. The van der Waals surface area contributed by atoms with Crippen molar-refractivity contribution in [3.8, 4) is 0 Å². The Balaban J connectivity index is 2.66. The molecule has 1 aromatic rings. The maximum absolute atomic E-state index is 12.0. The molecule has 0 unspecified atom stereocenters. The Morgan fingerprint density at radius 1 is 1.32 bits per heavy atom. The van der Waals surface area contributed by atoms with E-state index in [1.54, 1.807) is 18.2 Å². The van der Waals surface area contributed by atoms with E-state index in [-0.39, 0.29) is 24.8 Å². The van der Waals surface area contributed by atoms with Crippen LogP contribution in [0.25, 0.3) is 0 Å². The summed E-state index contributed by atoms with van der Waals surface area (Å²) in [5, 5.41) is 3.47. The lowest BCUT2D eigenvalue weighted by molar-refractivity contribution is -0.116. The van der Waals surface area contributed by atoms with Gasteiger partial charge in [0, 0.05) is 24.5 Å². The number of amides is 1. The number of halogens is 2. The Bertz CT molecular complexity index is 633. The summed E-state index contributed by atoms with van der Waals surface area (Å²) in [6, 6.07) is 4.75. The average molecular weight is 367 g/mol. The molecule has 1 N–H and O–H groups in total. The minimum atomic E-state index is -3.34. The number of carbonyl (C=O) groups excluding carboxylic acids is 1. The van der Waals surface area contributed by atoms with E-state index in [9.17, 15) is 13.2 Å². The van der Waals surface area contributed by atoms with Crippen LogP contribution in [0.2, 0.25) is 10.0 Å². The second kappa shape index (κ2) is 8.15. The third kappa shape index (κ3) is 6.52. The number of hydrogen-bond acceptors (Lipinski definition) is 3. The zero-order valence-electron chi connectivity index (χ0n) is 12.8. The van der Waals surface area contributed by atoms with Crippen molar-refractivity contribution in [1.82, 2.24) is 4.31 Å². The number of nitrogens with one attached hydrogen (secondary N) is 1. The lowest BCUT2D eigenvalue weighted by Gasteiger charge is -2.21. The van der Waals surface area contributed by atoms with Crippen LogP contribution < -0.4 is 5.32 Å². The van der Waals surface area contributed by atoms with Gasteiger partial charge in [0.1, 0.15) is 0 Å². The first-order valence-electron chi connectivity index (χ1n) is 6.79. The van der Waals surface area contributed by atoms with Gasteiger partial charge >= 0.3 is 0 Å². The van der Waals surface area contributed by atoms with Crippen LogP contribution in [0, 0.1) is 5.92 Å². The molecule has 1 amide bonds. The van der Waals surface area contributed by atoms with Gasteiger partial charge in [-0.25, -0.2) is 12.7 Å². The van der Waals surface area contributed by atoms with Crippen LogP contribution in [0.3, 0.4) is 0 Å². The van der Waals surface area contributed by atoms with E-state index in [1.807, 2.05) is 13.8 Å². The molecule has 0 saturated carbocycles. The third-order valence-corrected chi connectivity index (χ3v) is 4.66. The largest absolute Gasteiger partial charge is 0.325 e. The molecule has 0 radical (unpaired) electrons. The monoisotopic (exact) mass is 366 g/mol. The van der Waals surface area contributed by atoms with Crippen molar-refractivity contribution in [2.24, 2.45) is 5.92 Å². The van der Waals surface area contributed by atoms with Crippen LogP contribution in [-0.2, 0) is 14.8 Å². The summed E-state index contributed by atoms with van der Waals surface area (Å²) in [7, 11) is -3.34. The van der Waals surface area contributed by atoms with Gasteiger partial charge in [-0.15, -0.1) is 0 Å². The quantitative estimate of drug-likeness (QED) is 0.805. The molecule has 22 heavy (non-hydrogen) atoms. The zero-order chi connectivity index (χ0) is 16.9. The molecule has 1 aromatic carbocycles. The van der Waals surface area contributed by atoms with Crippen LogP contribution in [0.15, 0.2) is 18.2 Å². The molecule has 0 spiro atoms. The third-order valence-electron chi connectivity index (χ3n) is 2.83. The molecular weight excluding hydrogens is 347 g/mol. The molecule has 0 bridgehead atoms. The summed E-state index contributed by atoms with van der Waals surface area (Å²) in [5.74, 6) is -0.137. The van der Waals surface area contributed by atoms with Crippen molar-refractivity contribution < 1.29 is 13.2 Å². The van der Waals surface area contributed by atoms with Crippen LogP contribution in [0.4, 0.5) is 5.69 Å². The summed E-state index contributed by atoms with van der Waals surface area (Å²) < 4.78 is 24.7. The summed E-state index contributed by atoms with van der Waals surface area (Å²) >= 11 is 11.8. The van der Waals surface area contributed by atoms with E-state index in [0.717, 1.165) is 6.26 Å². The lowest BCUT2D eigenvalue weighted by Crippen LogP contribution is -2.35. The number of nitrogens with zero attached hydrogens (tertiary/aromatic N) is 1. The summed E-state index contributed by atoms with van der Waals surface area (Å²) in [4.78, 5) is 12.0. The van der Waals surface area contributed by atoms with Crippen molar-refractivity contribution in [1.29, 1.82) is 0 Å². The highest BCUT2D eigenvalue weighted by atomic mass is 35.5. The number of sulfonamides is 1. The van der Waals surface area contributed by atoms with Crippen molar-refractivity contribution in [3.05, 3.63) is 28.2 Å².